The number of carbonyl (C=O) groups excluding carboxylic acids is 1. The zero-order valence-electron chi connectivity index (χ0n) is 11.1. The molecule has 1 aliphatic rings. The molecule has 16 heavy (non-hydrogen) atoms. The minimum atomic E-state index is 0.506. The van der Waals surface area contributed by atoms with Gasteiger partial charge in [-0.3, -0.25) is 4.79 Å². The molecule has 0 spiro atoms. The molecule has 0 aromatic heterocycles. The predicted octanol–water partition coefficient (Wildman–Crippen LogP) is 4.74. The topological polar surface area (TPSA) is 17.1 Å². The Balaban J connectivity index is 2.00. The average molecular weight is 224 g/mol. The Morgan fingerprint density at radius 1 is 1.12 bits per heavy atom. The molecule has 1 fully saturated rings. The van der Waals surface area contributed by atoms with Crippen LogP contribution in [0.3, 0.4) is 0 Å². The molecule has 0 heterocycles. The zero-order chi connectivity index (χ0) is 11.8. The second kappa shape index (κ2) is 7.86. The minimum Gasteiger partial charge on any atom is -0.300 e. The van der Waals surface area contributed by atoms with E-state index < -0.39 is 0 Å². The largest absolute Gasteiger partial charge is 0.300 e. The molecule has 0 atom stereocenters. The van der Waals surface area contributed by atoms with Gasteiger partial charge in [-0.05, 0) is 24.7 Å². The van der Waals surface area contributed by atoms with Crippen molar-refractivity contribution in [3.8, 4) is 0 Å². The summed E-state index contributed by atoms with van der Waals surface area (Å²) in [7, 11) is 0. The molecule has 1 heteroatoms. The lowest BCUT2D eigenvalue weighted by atomic mass is 9.85. The highest BCUT2D eigenvalue weighted by Gasteiger charge is 2.14. The molecule has 1 saturated carbocycles. The molecule has 0 radical (unpaired) electrons. The highest BCUT2D eigenvalue weighted by molar-refractivity contribution is 5.78. The van der Waals surface area contributed by atoms with Gasteiger partial charge in [-0.25, -0.2) is 0 Å². The highest BCUT2D eigenvalue weighted by Crippen LogP contribution is 2.27. The maximum atomic E-state index is 11.7. The lowest BCUT2D eigenvalue weighted by molar-refractivity contribution is -0.119. The molecule has 94 valence electrons. The Morgan fingerprint density at radius 3 is 2.44 bits per heavy atom. The van der Waals surface area contributed by atoms with Crippen molar-refractivity contribution in [2.75, 3.05) is 0 Å². The fourth-order valence-electron chi connectivity index (χ4n) is 2.67. The number of rotatable bonds is 7. The Kier molecular flexibility index (Phi) is 6.75. The van der Waals surface area contributed by atoms with Gasteiger partial charge >= 0.3 is 0 Å². The highest BCUT2D eigenvalue weighted by atomic mass is 16.1. The summed E-state index contributed by atoms with van der Waals surface area (Å²) in [5, 5.41) is 0. The van der Waals surface area contributed by atoms with E-state index in [4.69, 9.17) is 0 Å². The summed E-state index contributed by atoms with van der Waals surface area (Å²) in [6.07, 6.45) is 12.1. The second-order valence-electron chi connectivity index (χ2n) is 5.87. The minimum absolute atomic E-state index is 0.506. The molecular weight excluding hydrogens is 196 g/mol. The molecule has 0 saturated heterocycles. The van der Waals surface area contributed by atoms with E-state index >= 15 is 0 Å². The van der Waals surface area contributed by atoms with Crippen molar-refractivity contribution < 1.29 is 4.79 Å². The van der Waals surface area contributed by atoms with Crippen LogP contribution < -0.4 is 0 Å². The summed E-state index contributed by atoms with van der Waals surface area (Å²) < 4.78 is 0. The van der Waals surface area contributed by atoms with Crippen LogP contribution in [0.4, 0.5) is 0 Å². The maximum absolute atomic E-state index is 11.7. The number of Topliss-reactive ketones (excluding diaryl/α,β-unsaturated/α-hetero) is 1. The van der Waals surface area contributed by atoms with Crippen molar-refractivity contribution in [2.45, 2.75) is 78.1 Å². The van der Waals surface area contributed by atoms with E-state index in [-0.39, 0.29) is 0 Å². The SMILES string of the molecule is CC(C)CCCC(=O)CCC1CCCCC1. The van der Waals surface area contributed by atoms with Crippen LogP contribution >= 0.6 is 0 Å². The quantitative estimate of drug-likeness (QED) is 0.610. The van der Waals surface area contributed by atoms with Gasteiger partial charge in [-0.1, -0.05) is 52.4 Å². The molecule has 0 aliphatic heterocycles. The Bertz CT molecular complexity index is 190. The Morgan fingerprint density at radius 2 is 1.81 bits per heavy atom. The smallest absolute Gasteiger partial charge is 0.132 e. The van der Waals surface area contributed by atoms with Gasteiger partial charge < -0.3 is 0 Å². The Hall–Kier alpha value is -0.330. The van der Waals surface area contributed by atoms with E-state index in [0.717, 1.165) is 31.1 Å². The fraction of sp³-hybridized carbons (Fsp3) is 0.933. The van der Waals surface area contributed by atoms with E-state index in [9.17, 15) is 4.79 Å². The van der Waals surface area contributed by atoms with Crippen LogP contribution in [0.25, 0.3) is 0 Å². The summed E-state index contributed by atoms with van der Waals surface area (Å²) in [5.74, 6) is 2.11. The lowest BCUT2D eigenvalue weighted by Crippen LogP contribution is -2.09. The third-order valence-corrected chi connectivity index (χ3v) is 3.79. The van der Waals surface area contributed by atoms with Gasteiger partial charge in [0.1, 0.15) is 5.78 Å². The van der Waals surface area contributed by atoms with Crippen molar-refractivity contribution in [1.82, 2.24) is 0 Å². The molecule has 0 aromatic rings. The Labute approximate surface area is 101 Å². The fourth-order valence-corrected chi connectivity index (χ4v) is 2.67. The number of hydrogen-bond acceptors (Lipinski definition) is 1. The van der Waals surface area contributed by atoms with Gasteiger partial charge in [-0.2, -0.15) is 0 Å². The molecule has 0 N–H and O–H groups in total. The van der Waals surface area contributed by atoms with Gasteiger partial charge in [-0.15, -0.1) is 0 Å². The molecule has 0 bridgehead atoms. The van der Waals surface area contributed by atoms with E-state index in [0.29, 0.717) is 5.78 Å². The molecule has 0 unspecified atom stereocenters. The normalized spacial score (nSPS) is 17.9. The van der Waals surface area contributed by atoms with E-state index in [1.807, 2.05) is 0 Å². The summed E-state index contributed by atoms with van der Waals surface area (Å²) in [6.45, 7) is 4.46. The molecule has 1 nitrogen and oxygen atoms in total. The number of ketones is 1. The van der Waals surface area contributed by atoms with E-state index in [2.05, 4.69) is 13.8 Å². The van der Waals surface area contributed by atoms with Crippen LogP contribution in [0.2, 0.25) is 0 Å². The van der Waals surface area contributed by atoms with Crippen LogP contribution in [0, 0.1) is 11.8 Å². The van der Waals surface area contributed by atoms with Gasteiger partial charge in [0.15, 0.2) is 0 Å². The van der Waals surface area contributed by atoms with Gasteiger partial charge in [0.2, 0.25) is 0 Å². The van der Waals surface area contributed by atoms with Crippen LogP contribution in [0.1, 0.15) is 78.1 Å². The zero-order valence-corrected chi connectivity index (χ0v) is 11.1. The second-order valence-corrected chi connectivity index (χ2v) is 5.87. The van der Waals surface area contributed by atoms with E-state index in [1.54, 1.807) is 0 Å². The first-order valence-electron chi connectivity index (χ1n) is 7.20. The number of hydrogen-bond donors (Lipinski definition) is 0. The average Bonchev–Trinajstić information content (AvgIpc) is 2.27. The molecule has 0 aromatic carbocycles. The molecule has 0 amide bonds. The maximum Gasteiger partial charge on any atom is 0.132 e. The standard InChI is InChI=1S/C15H28O/c1-13(2)7-6-10-15(16)12-11-14-8-4-3-5-9-14/h13-14H,3-12H2,1-2H3. The van der Waals surface area contributed by atoms with Crippen LogP contribution in [-0.2, 0) is 4.79 Å². The predicted molar refractivity (Wildman–Crippen MR) is 69.5 cm³/mol. The van der Waals surface area contributed by atoms with Crippen molar-refractivity contribution in [2.24, 2.45) is 11.8 Å². The van der Waals surface area contributed by atoms with Gasteiger partial charge in [0, 0.05) is 12.8 Å². The first kappa shape index (κ1) is 13.7. The first-order chi connectivity index (χ1) is 7.68. The molecule has 1 rings (SSSR count). The molecule has 1 aliphatic carbocycles. The van der Waals surface area contributed by atoms with Crippen molar-refractivity contribution in [1.29, 1.82) is 0 Å². The van der Waals surface area contributed by atoms with E-state index in [1.165, 1.54) is 44.9 Å². The van der Waals surface area contributed by atoms with Gasteiger partial charge in [0.05, 0.1) is 0 Å². The summed E-state index contributed by atoms with van der Waals surface area (Å²) in [6, 6.07) is 0. The third kappa shape index (κ3) is 6.30. The molecular formula is C15H28O. The van der Waals surface area contributed by atoms with Crippen LogP contribution in [0.15, 0.2) is 0 Å². The van der Waals surface area contributed by atoms with Gasteiger partial charge in [0.25, 0.3) is 0 Å². The summed E-state index contributed by atoms with van der Waals surface area (Å²) in [4.78, 5) is 11.7. The van der Waals surface area contributed by atoms with Crippen molar-refractivity contribution >= 4 is 5.78 Å². The van der Waals surface area contributed by atoms with Crippen molar-refractivity contribution in [3.63, 3.8) is 0 Å². The van der Waals surface area contributed by atoms with Crippen molar-refractivity contribution in [3.05, 3.63) is 0 Å². The van der Waals surface area contributed by atoms with Crippen LogP contribution in [0.5, 0.6) is 0 Å². The summed E-state index contributed by atoms with van der Waals surface area (Å²) >= 11 is 0. The first-order valence-corrected chi connectivity index (χ1v) is 7.20. The summed E-state index contributed by atoms with van der Waals surface area (Å²) in [5.41, 5.74) is 0. The van der Waals surface area contributed by atoms with Crippen LogP contribution in [-0.4, -0.2) is 5.78 Å². The number of carbonyl (C=O) groups is 1. The monoisotopic (exact) mass is 224 g/mol. The third-order valence-electron chi connectivity index (χ3n) is 3.79. The lowest BCUT2D eigenvalue weighted by Gasteiger charge is -2.20.